The van der Waals surface area contributed by atoms with Gasteiger partial charge in [-0.2, -0.15) is 9.97 Å². The maximum Gasteiger partial charge on any atom is 0.318 e. The molecule has 3 saturated heterocycles. The fourth-order valence-electron chi connectivity index (χ4n) is 7.82. The van der Waals surface area contributed by atoms with Crippen molar-refractivity contribution in [3.8, 4) is 11.8 Å². The summed E-state index contributed by atoms with van der Waals surface area (Å²) < 4.78 is 27.2. The molecule has 1 unspecified atom stereocenters. The van der Waals surface area contributed by atoms with Gasteiger partial charge >= 0.3 is 6.01 Å². The van der Waals surface area contributed by atoms with E-state index in [2.05, 4.69) is 21.3 Å². The first-order valence-electron chi connectivity index (χ1n) is 15.8. The van der Waals surface area contributed by atoms with Crippen LogP contribution in [-0.2, 0) is 24.1 Å². The summed E-state index contributed by atoms with van der Waals surface area (Å²) in [6.07, 6.45) is 4.31. The molecule has 0 bridgehead atoms. The van der Waals surface area contributed by atoms with Gasteiger partial charge in [0.1, 0.15) is 29.6 Å². The Balaban J connectivity index is 1.27. The number of aliphatic hydroxyl groups is 1. The number of benzene rings is 2. The highest BCUT2D eigenvalue weighted by Crippen LogP contribution is 2.42. The van der Waals surface area contributed by atoms with Gasteiger partial charge in [-0.3, -0.25) is 4.90 Å². The predicted molar refractivity (Wildman–Crippen MR) is 168 cm³/mol. The van der Waals surface area contributed by atoms with Crippen molar-refractivity contribution >= 4 is 22.3 Å². The normalized spacial score (nSPS) is 25.8. The average Bonchev–Trinajstić information content (AvgIpc) is 3.45. The molecule has 2 aromatic carbocycles. The van der Waals surface area contributed by atoms with E-state index >= 15 is 0 Å². The van der Waals surface area contributed by atoms with Gasteiger partial charge in [0.2, 0.25) is 0 Å². The van der Waals surface area contributed by atoms with Crippen molar-refractivity contribution in [3.05, 3.63) is 59.1 Å². The molecule has 9 nitrogen and oxygen atoms in total. The molecule has 1 aromatic heterocycles. The number of hydrogen-bond acceptors (Lipinski definition) is 9. The lowest BCUT2D eigenvalue weighted by atomic mass is 9.94. The maximum atomic E-state index is 15.0. The van der Waals surface area contributed by atoms with Crippen molar-refractivity contribution < 1.29 is 24.1 Å². The van der Waals surface area contributed by atoms with Crippen LogP contribution in [0.4, 0.5) is 15.9 Å². The van der Waals surface area contributed by atoms with Crippen LogP contribution in [-0.4, -0.2) is 88.8 Å². The van der Waals surface area contributed by atoms with Gasteiger partial charge in [-0.25, -0.2) is 4.39 Å². The number of halogens is 1. The highest BCUT2D eigenvalue weighted by molar-refractivity contribution is 5.98. The second-order valence-corrected chi connectivity index (χ2v) is 13.3. The van der Waals surface area contributed by atoms with Gasteiger partial charge in [-0.15, -0.1) is 0 Å². The highest BCUT2D eigenvalue weighted by atomic mass is 19.1. The Morgan fingerprint density at radius 3 is 2.84 bits per heavy atom. The smallest absolute Gasteiger partial charge is 0.318 e. The molecule has 3 fully saturated rings. The number of hydrogen-bond donors (Lipinski definition) is 2. The number of phenolic OH excluding ortho intramolecular Hbond substituents is 1. The molecule has 0 aliphatic carbocycles. The molecular formula is C34H42FN5O4. The SMILES string of the molecule is C=C1CN2CCCC2(COc2nc3c(c(N4CCOC[C@@](C)(O)C4)n2)CCN(c2cc(O)cc4ccc(F)c(CC)c24)C3)C1. The van der Waals surface area contributed by atoms with Crippen LogP contribution in [0.1, 0.15) is 49.9 Å². The van der Waals surface area contributed by atoms with Crippen LogP contribution in [0.25, 0.3) is 10.8 Å². The Morgan fingerprint density at radius 1 is 1.14 bits per heavy atom. The van der Waals surface area contributed by atoms with Crippen molar-refractivity contribution in [3.63, 3.8) is 0 Å². The fraction of sp³-hybridized carbons (Fsp3) is 0.529. The van der Waals surface area contributed by atoms with Crippen LogP contribution in [0, 0.1) is 5.82 Å². The van der Waals surface area contributed by atoms with Crippen LogP contribution in [0.2, 0.25) is 0 Å². The third-order valence-electron chi connectivity index (χ3n) is 9.80. The Hall–Kier alpha value is -3.47. The molecule has 5 heterocycles. The fourth-order valence-corrected chi connectivity index (χ4v) is 7.82. The number of aryl methyl sites for hydroxylation is 1. The zero-order valence-electron chi connectivity index (χ0n) is 25.7. The van der Waals surface area contributed by atoms with E-state index in [1.54, 1.807) is 25.1 Å². The van der Waals surface area contributed by atoms with Gasteiger partial charge < -0.3 is 29.5 Å². The largest absolute Gasteiger partial charge is 0.508 e. The first-order valence-corrected chi connectivity index (χ1v) is 15.8. The molecule has 0 amide bonds. The van der Waals surface area contributed by atoms with E-state index in [0.29, 0.717) is 63.8 Å². The van der Waals surface area contributed by atoms with Crippen molar-refractivity contribution in [1.29, 1.82) is 0 Å². The number of β-amino-alcohol motifs (C(OH)–C–C–N with tert-alkyl or cyclic N) is 1. The van der Waals surface area contributed by atoms with E-state index in [-0.39, 0.29) is 23.7 Å². The van der Waals surface area contributed by atoms with Crippen LogP contribution < -0.4 is 14.5 Å². The minimum Gasteiger partial charge on any atom is -0.508 e. The quantitative estimate of drug-likeness (QED) is 0.399. The molecule has 4 aliphatic heterocycles. The van der Waals surface area contributed by atoms with E-state index in [4.69, 9.17) is 19.4 Å². The highest BCUT2D eigenvalue weighted by Gasteiger charge is 2.46. The molecule has 0 saturated carbocycles. The predicted octanol–water partition coefficient (Wildman–Crippen LogP) is 4.36. The maximum absolute atomic E-state index is 15.0. The van der Waals surface area contributed by atoms with Gasteiger partial charge in [0.15, 0.2) is 0 Å². The monoisotopic (exact) mass is 603 g/mol. The zero-order valence-corrected chi connectivity index (χ0v) is 25.7. The van der Waals surface area contributed by atoms with E-state index in [0.717, 1.165) is 65.9 Å². The van der Waals surface area contributed by atoms with E-state index in [1.807, 2.05) is 6.92 Å². The number of anilines is 2. The first kappa shape index (κ1) is 29.3. The summed E-state index contributed by atoms with van der Waals surface area (Å²) in [7, 11) is 0. The number of rotatable bonds is 6. The standard InChI is InChI=1S/C34H42FN5O4/c1-4-25-27(35)7-6-23-14-24(41)15-29(30(23)25)38-11-8-26-28(18-38)36-32(37-31(26)39-12-13-43-20-33(3,42)19-39)44-21-34-9-5-10-40(34)17-22(2)16-34/h6-7,14-15,41-42H,2,4-5,8-13,16-21H2,1,3H3/t33-,34?/m0/s1. The second kappa shape index (κ2) is 11.2. The minimum absolute atomic E-state index is 0.0657. The number of aromatic nitrogens is 2. The van der Waals surface area contributed by atoms with Crippen molar-refractivity contribution in [2.75, 3.05) is 62.3 Å². The molecule has 7 rings (SSSR count). The topological polar surface area (TPSA) is 94.4 Å². The summed E-state index contributed by atoms with van der Waals surface area (Å²) in [5.74, 6) is 0.674. The average molecular weight is 604 g/mol. The van der Waals surface area contributed by atoms with Crippen LogP contribution in [0.5, 0.6) is 11.8 Å². The lowest BCUT2D eigenvalue weighted by Crippen LogP contribution is -2.44. The van der Waals surface area contributed by atoms with Gasteiger partial charge in [0, 0.05) is 42.3 Å². The third kappa shape index (κ3) is 5.26. The number of phenols is 1. The molecule has 234 valence electrons. The lowest BCUT2D eigenvalue weighted by Gasteiger charge is -2.36. The summed E-state index contributed by atoms with van der Waals surface area (Å²) in [6.45, 7) is 13.3. The Morgan fingerprint density at radius 2 is 2.00 bits per heavy atom. The molecular weight excluding hydrogens is 561 g/mol. The van der Waals surface area contributed by atoms with Gasteiger partial charge in [0.05, 0.1) is 37.5 Å². The van der Waals surface area contributed by atoms with E-state index in [9.17, 15) is 14.6 Å². The van der Waals surface area contributed by atoms with Gasteiger partial charge in [0.25, 0.3) is 0 Å². The molecule has 0 spiro atoms. The second-order valence-electron chi connectivity index (χ2n) is 13.3. The van der Waals surface area contributed by atoms with Crippen molar-refractivity contribution in [2.45, 2.75) is 63.6 Å². The van der Waals surface area contributed by atoms with Crippen molar-refractivity contribution in [1.82, 2.24) is 14.9 Å². The molecule has 2 atom stereocenters. The van der Waals surface area contributed by atoms with Gasteiger partial charge in [-0.1, -0.05) is 25.1 Å². The first-order chi connectivity index (χ1) is 21.1. The van der Waals surface area contributed by atoms with Crippen LogP contribution >= 0.6 is 0 Å². The molecule has 44 heavy (non-hydrogen) atoms. The Labute approximate surface area is 257 Å². The number of aromatic hydroxyl groups is 1. The van der Waals surface area contributed by atoms with E-state index in [1.165, 1.54) is 11.6 Å². The Bertz CT molecular complexity index is 1610. The summed E-state index contributed by atoms with van der Waals surface area (Å²) in [5.41, 5.74) is 3.44. The zero-order chi connectivity index (χ0) is 30.6. The summed E-state index contributed by atoms with van der Waals surface area (Å²) in [6, 6.07) is 6.95. The van der Waals surface area contributed by atoms with Gasteiger partial charge in [-0.05, 0) is 68.7 Å². The summed E-state index contributed by atoms with van der Waals surface area (Å²) >= 11 is 0. The summed E-state index contributed by atoms with van der Waals surface area (Å²) in [4.78, 5) is 16.7. The number of nitrogens with zero attached hydrogens (tertiary/aromatic N) is 5. The van der Waals surface area contributed by atoms with Crippen molar-refractivity contribution in [2.24, 2.45) is 0 Å². The van der Waals surface area contributed by atoms with Crippen LogP contribution in [0.3, 0.4) is 0 Å². The Kier molecular flexibility index (Phi) is 7.42. The molecule has 2 N–H and O–H groups in total. The molecule has 4 aliphatic rings. The molecule has 3 aromatic rings. The number of fused-ring (bicyclic) bond motifs is 3. The van der Waals surface area contributed by atoms with Crippen LogP contribution in [0.15, 0.2) is 36.4 Å². The van der Waals surface area contributed by atoms with E-state index < -0.39 is 5.60 Å². The molecule has 0 radical (unpaired) electrons. The minimum atomic E-state index is -1.02. The molecule has 10 heteroatoms. The lowest BCUT2D eigenvalue weighted by molar-refractivity contribution is -0.0123. The number of ether oxygens (including phenoxy) is 2. The third-order valence-corrected chi connectivity index (χ3v) is 9.80. The summed E-state index contributed by atoms with van der Waals surface area (Å²) in [5, 5.41) is 23.3.